The van der Waals surface area contributed by atoms with Crippen LogP contribution in [-0.4, -0.2) is 17.1 Å². The molecule has 0 spiro atoms. The Morgan fingerprint density at radius 3 is 2.39 bits per heavy atom. The molecule has 120 valence electrons. The van der Waals surface area contributed by atoms with E-state index in [2.05, 4.69) is 10.6 Å². The highest BCUT2D eigenvalue weighted by Crippen LogP contribution is 2.17. The zero-order chi connectivity index (χ0) is 16.8. The number of carbonyl (C=O) groups is 1. The summed E-state index contributed by atoms with van der Waals surface area (Å²) in [4.78, 5) is 12.1. The van der Waals surface area contributed by atoms with Gasteiger partial charge in [-0.3, -0.25) is 10.1 Å². The van der Waals surface area contributed by atoms with Crippen LogP contribution >= 0.6 is 23.8 Å². The third-order valence-corrected chi connectivity index (χ3v) is 3.36. The van der Waals surface area contributed by atoms with E-state index in [0.717, 1.165) is 11.4 Å². The van der Waals surface area contributed by atoms with Gasteiger partial charge in [-0.15, -0.1) is 0 Å². The van der Waals surface area contributed by atoms with Crippen LogP contribution in [0.4, 0.5) is 5.69 Å². The highest BCUT2D eigenvalue weighted by Gasteiger charge is 2.11. The fraction of sp³-hybridized carbons (Fsp3) is 0.176. The number of anilines is 1. The molecule has 0 fully saturated rings. The molecule has 0 saturated carbocycles. The van der Waals surface area contributed by atoms with Crippen LogP contribution in [-0.2, 0) is 0 Å². The van der Waals surface area contributed by atoms with Crippen LogP contribution in [0.5, 0.6) is 5.75 Å². The third kappa shape index (κ3) is 5.23. The van der Waals surface area contributed by atoms with Gasteiger partial charge in [0.05, 0.1) is 16.7 Å². The molecular weight excluding hydrogens is 332 g/mol. The molecule has 0 radical (unpaired) electrons. The average molecular weight is 349 g/mol. The highest BCUT2D eigenvalue weighted by atomic mass is 35.5. The lowest BCUT2D eigenvalue weighted by Gasteiger charge is -2.12. The number of nitrogens with one attached hydrogen (secondary N) is 2. The number of halogens is 1. The summed E-state index contributed by atoms with van der Waals surface area (Å²) in [5, 5.41) is 6.12. The van der Waals surface area contributed by atoms with Crippen LogP contribution in [0, 0.1) is 0 Å². The maximum absolute atomic E-state index is 12.1. The molecule has 6 heteroatoms. The van der Waals surface area contributed by atoms with Crippen molar-refractivity contribution in [1.82, 2.24) is 5.32 Å². The van der Waals surface area contributed by atoms with Gasteiger partial charge >= 0.3 is 0 Å². The molecule has 0 aliphatic heterocycles. The predicted molar refractivity (Wildman–Crippen MR) is 97.3 cm³/mol. The van der Waals surface area contributed by atoms with Crippen LogP contribution in [0.1, 0.15) is 24.2 Å². The van der Waals surface area contributed by atoms with E-state index in [9.17, 15) is 4.79 Å². The Hall–Kier alpha value is -2.11. The molecule has 0 unspecified atom stereocenters. The minimum Gasteiger partial charge on any atom is -0.491 e. The standard InChI is InChI=1S/C17H17ClN2O2S/c1-11(2)22-13-9-7-12(8-10-13)19-17(23)20-16(21)14-5-3-4-6-15(14)18/h3-11H,1-2H3,(H2,19,20,21,23). The Morgan fingerprint density at radius 2 is 1.78 bits per heavy atom. The van der Waals surface area contributed by atoms with Crippen molar-refractivity contribution >= 4 is 40.5 Å². The lowest BCUT2D eigenvalue weighted by Crippen LogP contribution is -2.34. The molecule has 0 bridgehead atoms. The lowest BCUT2D eigenvalue weighted by molar-refractivity contribution is 0.0978. The van der Waals surface area contributed by atoms with Gasteiger partial charge in [-0.1, -0.05) is 23.7 Å². The smallest absolute Gasteiger partial charge is 0.258 e. The first-order chi connectivity index (χ1) is 11.0. The number of thiocarbonyl (C=S) groups is 1. The lowest BCUT2D eigenvalue weighted by atomic mass is 10.2. The second-order valence-electron chi connectivity index (χ2n) is 5.08. The number of ether oxygens (including phenoxy) is 1. The normalized spacial score (nSPS) is 10.3. The molecule has 0 aliphatic rings. The maximum Gasteiger partial charge on any atom is 0.258 e. The van der Waals surface area contributed by atoms with Crippen molar-refractivity contribution in [3.63, 3.8) is 0 Å². The molecule has 2 aromatic rings. The molecular formula is C17H17ClN2O2S. The number of rotatable bonds is 4. The molecule has 2 N–H and O–H groups in total. The molecule has 0 aliphatic carbocycles. The SMILES string of the molecule is CC(C)Oc1ccc(NC(=S)NC(=O)c2ccccc2Cl)cc1. The van der Waals surface area contributed by atoms with Crippen LogP contribution in [0.2, 0.25) is 5.02 Å². The summed E-state index contributed by atoms with van der Waals surface area (Å²) in [6.45, 7) is 3.93. The number of benzene rings is 2. The van der Waals surface area contributed by atoms with E-state index >= 15 is 0 Å². The van der Waals surface area contributed by atoms with E-state index in [1.807, 2.05) is 38.1 Å². The van der Waals surface area contributed by atoms with Crippen molar-refractivity contribution in [1.29, 1.82) is 0 Å². The Bertz CT molecular complexity index is 702. The van der Waals surface area contributed by atoms with Gasteiger partial charge in [0.25, 0.3) is 5.91 Å². The van der Waals surface area contributed by atoms with Crippen LogP contribution in [0.25, 0.3) is 0 Å². The number of hydrogen-bond acceptors (Lipinski definition) is 3. The minimum atomic E-state index is -0.354. The first-order valence-electron chi connectivity index (χ1n) is 7.09. The molecule has 0 aromatic heterocycles. The summed E-state index contributed by atoms with van der Waals surface area (Å²) < 4.78 is 5.56. The Morgan fingerprint density at radius 1 is 1.13 bits per heavy atom. The van der Waals surface area contributed by atoms with Gasteiger partial charge < -0.3 is 10.1 Å². The Kier molecular flexibility index (Phi) is 5.96. The highest BCUT2D eigenvalue weighted by molar-refractivity contribution is 7.80. The van der Waals surface area contributed by atoms with Gasteiger partial charge in [0.15, 0.2) is 5.11 Å². The fourth-order valence-electron chi connectivity index (χ4n) is 1.87. The molecule has 2 rings (SSSR count). The van der Waals surface area contributed by atoms with Gasteiger partial charge in [0, 0.05) is 5.69 Å². The first-order valence-corrected chi connectivity index (χ1v) is 7.88. The van der Waals surface area contributed by atoms with Crippen LogP contribution in [0.15, 0.2) is 48.5 Å². The summed E-state index contributed by atoms with van der Waals surface area (Å²) in [5.74, 6) is 0.421. The van der Waals surface area contributed by atoms with Crippen molar-refractivity contribution in [3.8, 4) is 5.75 Å². The summed E-state index contributed by atoms with van der Waals surface area (Å²) in [5.41, 5.74) is 1.13. The summed E-state index contributed by atoms with van der Waals surface area (Å²) in [7, 11) is 0. The van der Waals surface area contributed by atoms with Crippen molar-refractivity contribution < 1.29 is 9.53 Å². The number of hydrogen-bond donors (Lipinski definition) is 2. The van der Waals surface area contributed by atoms with E-state index in [1.54, 1.807) is 24.3 Å². The fourth-order valence-corrected chi connectivity index (χ4v) is 2.30. The monoisotopic (exact) mass is 348 g/mol. The van der Waals surface area contributed by atoms with Gasteiger partial charge in [0.2, 0.25) is 0 Å². The van der Waals surface area contributed by atoms with Crippen molar-refractivity contribution in [2.24, 2.45) is 0 Å². The van der Waals surface area contributed by atoms with Crippen molar-refractivity contribution in [3.05, 3.63) is 59.1 Å². The largest absolute Gasteiger partial charge is 0.491 e. The molecule has 1 amide bonds. The molecule has 0 saturated heterocycles. The second-order valence-corrected chi connectivity index (χ2v) is 5.89. The van der Waals surface area contributed by atoms with Gasteiger partial charge in [-0.05, 0) is 62.5 Å². The molecule has 0 atom stereocenters. The quantitative estimate of drug-likeness (QED) is 0.811. The zero-order valence-electron chi connectivity index (χ0n) is 12.8. The second kappa shape index (κ2) is 7.94. The van der Waals surface area contributed by atoms with Crippen LogP contribution in [0.3, 0.4) is 0 Å². The van der Waals surface area contributed by atoms with Crippen molar-refractivity contribution in [2.45, 2.75) is 20.0 Å². The molecule has 2 aromatic carbocycles. The van der Waals surface area contributed by atoms with Gasteiger partial charge in [-0.25, -0.2) is 0 Å². The maximum atomic E-state index is 12.1. The van der Waals surface area contributed by atoms with E-state index in [0.29, 0.717) is 10.6 Å². The molecule has 23 heavy (non-hydrogen) atoms. The molecule has 0 heterocycles. The topological polar surface area (TPSA) is 50.4 Å². The summed E-state index contributed by atoms with van der Waals surface area (Å²) in [6, 6.07) is 14.1. The van der Waals surface area contributed by atoms with E-state index < -0.39 is 0 Å². The van der Waals surface area contributed by atoms with Gasteiger partial charge in [0.1, 0.15) is 5.75 Å². The van der Waals surface area contributed by atoms with E-state index in [-0.39, 0.29) is 17.1 Å². The zero-order valence-corrected chi connectivity index (χ0v) is 14.4. The Labute approximate surface area is 145 Å². The predicted octanol–water partition coefficient (Wildman–Crippen LogP) is 4.25. The average Bonchev–Trinajstić information content (AvgIpc) is 2.49. The summed E-state index contributed by atoms with van der Waals surface area (Å²) >= 11 is 11.1. The molecule has 4 nitrogen and oxygen atoms in total. The van der Waals surface area contributed by atoms with Crippen LogP contribution < -0.4 is 15.4 Å². The summed E-state index contributed by atoms with van der Waals surface area (Å²) in [6.07, 6.45) is 0.116. The minimum absolute atomic E-state index is 0.116. The number of amides is 1. The van der Waals surface area contributed by atoms with Gasteiger partial charge in [-0.2, -0.15) is 0 Å². The Balaban J connectivity index is 1.94. The van der Waals surface area contributed by atoms with E-state index in [1.165, 1.54) is 0 Å². The number of carbonyl (C=O) groups excluding carboxylic acids is 1. The van der Waals surface area contributed by atoms with Crippen molar-refractivity contribution in [2.75, 3.05) is 5.32 Å². The van der Waals surface area contributed by atoms with E-state index in [4.69, 9.17) is 28.6 Å². The first kappa shape index (κ1) is 17.2. The third-order valence-electron chi connectivity index (χ3n) is 2.83.